The van der Waals surface area contributed by atoms with Gasteiger partial charge in [0.25, 0.3) is 6.01 Å². The van der Waals surface area contributed by atoms with E-state index in [1.165, 1.54) is 6.92 Å². The summed E-state index contributed by atoms with van der Waals surface area (Å²) in [6.07, 6.45) is 1.04. The number of rotatable bonds is 5. The number of amides is 1. The molecule has 0 unspecified atom stereocenters. The normalized spacial score (nSPS) is 9.67. The molecular formula is C8H11N3O4. The molecule has 1 heterocycles. The molecule has 0 saturated carbocycles. The molecule has 1 amide bonds. The van der Waals surface area contributed by atoms with Crippen LogP contribution in [0.3, 0.4) is 0 Å². The maximum atomic E-state index is 10.5. The molecule has 3 N–H and O–H groups in total. The number of carboxylic acids is 1. The summed E-state index contributed by atoms with van der Waals surface area (Å²) in [7, 11) is 0. The Balaban J connectivity index is 2.31. The molecule has 0 radical (unpaired) electrons. The van der Waals surface area contributed by atoms with Crippen LogP contribution in [0.4, 0.5) is 6.01 Å². The average molecular weight is 213 g/mol. The molecule has 0 spiro atoms. The van der Waals surface area contributed by atoms with Crippen LogP contribution in [0.1, 0.15) is 17.4 Å². The van der Waals surface area contributed by atoms with Crippen LogP contribution in [0.25, 0.3) is 0 Å². The van der Waals surface area contributed by atoms with Crippen LogP contribution in [0, 0.1) is 0 Å². The highest BCUT2D eigenvalue weighted by Crippen LogP contribution is 2.06. The molecule has 0 aliphatic rings. The van der Waals surface area contributed by atoms with Crippen LogP contribution >= 0.6 is 0 Å². The first-order chi connectivity index (χ1) is 7.09. The van der Waals surface area contributed by atoms with Crippen molar-refractivity contribution in [3.8, 4) is 0 Å². The molecule has 0 aliphatic carbocycles. The number of hydrogen-bond acceptors (Lipinski definition) is 5. The minimum Gasteiger partial charge on any atom is -0.476 e. The van der Waals surface area contributed by atoms with Gasteiger partial charge in [-0.1, -0.05) is 0 Å². The molecule has 1 rings (SSSR count). The summed E-state index contributed by atoms with van der Waals surface area (Å²) in [6, 6.07) is 0.123. The first-order valence-electron chi connectivity index (χ1n) is 4.26. The molecule has 0 fully saturated rings. The molecule has 0 bridgehead atoms. The summed E-state index contributed by atoms with van der Waals surface area (Å²) < 4.78 is 4.82. The largest absolute Gasteiger partial charge is 0.476 e. The third-order valence-electron chi connectivity index (χ3n) is 1.50. The summed E-state index contributed by atoms with van der Waals surface area (Å²) in [4.78, 5) is 24.6. The van der Waals surface area contributed by atoms with Crippen LogP contribution in [-0.4, -0.2) is 35.1 Å². The van der Waals surface area contributed by atoms with Crippen molar-refractivity contribution in [1.82, 2.24) is 10.3 Å². The maximum Gasteiger partial charge on any atom is 0.357 e. The van der Waals surface area contributed by atoms with Crippen molar-refractivity contribution in [1.29, 1.82) is 0 Å². The average Bonchev–Trinajstić information content (AvgIpc) is 2.60. The van der Waals surface area contributed by atoms with Crippen molar-refractivity contribution in [2.45, 2.75) is 6.92 Å². The van der Waals surface area contributed by atoms with E-state index in [1.807, 2.05) is 0 Å². The van der Waals surface area contributed by atoms with Crippen LogP contribution in [0.15, 0.2) is 10.7 Å². The number of aromatic nitrogens is 1. The SMILES string of the molecule is CC(=O)NCCNc1nc(C(=O)O)co1. The van der Waals surface area contributed by atoms with E-state index >= 15 is 0 Å². The van der Waals surface area contributed by atoms with E-state index in [0.29, 0.717) is 13.1 Å². The second kappa shape index (κ2) is 4.99. The third-order valence-corrected chi connectivity index (χ3v) is 1.50. The Hall–Kier alpha value is -2.05. The van der Waals surface area contributed by atoms with E-state index in [-0.39, 0.29) is 17.6 Å². The summed E-state index contributed by atoms with van der Waals surface area (Å²) >= 11 is 0. The minimum absolute atomic E-state index is 0.123. The van der Waals surface area contributed by atoms with Gasteiger partial charge < -0.3 is 20.2 Å². The van der Waals surface area contributed by atoms with E-state index in [1.54, 1.807) is 0 Å². The van der Waals surface area contributed by atoms with Gasteiger partial charge in [-0.2, -0.15) is 4.98 Å². The van der Waals surface area contributed by atoms with E-state index in [4.69, 9.17) is 9.52 Å². The lowest BCUT2D eigenvalue weighted by Crippen LogP contribution is -2.26. The number of oxazole rings is 1. The van der Waals surface area contributed by atoms with Crippen LogP contribution in [0.2, 0.25) is 0 Å². The van der Waals surface area contributed by atoms with Gasteiger partial charge >= 0.3 is 5.97 Å². The minimum atomic E-state index is -1.14. The van der Waals surface area contributed by atoms with Gasteiger partial charge in [-0.25, -0.2) is 4.79 Å². The summed E-state index contributed by atoms with van der Waals surface area (Å²) in [5.74, 6) is -1.27. The zero-order valence-electron chi connectivity index (χ0n) is 8.11. The second-order valence-corrected chi connectivity index (χ2v) is 2.75. The highest BCUT2D eigenvalue weighted by atomic mass is 16.4. The second-order valence-electron chi connectivity index (χ2n) is 2.75. The molecule has 7 heteroatoms. The number of carboxylic acid groups (broad SMARTS) is 1. The Morgan fingerprint density at radius 2 is 2.27 bits per heavy atom. The van der Waals surface area contributed by atoms with E-state index in [2.05, 4.69) is 15.6 Å². The van der Waals surface area contributed by atoms with Crippen LogP contribution in [-0.2, 0) is 4.79 Å². The standard InChI is InChI=1S/C8H11N3O4/c1-5(12)9-2-3-10-8-11-6(4-15-8)7(13)14/h4H,2-3H2,1H3,(H,9,12)(H,10,11)(H,13,14). The first kappa shape index (κ1) is 11.0. The highest BCUT2D eigenvalue weighted by molar-refractivity contribution is 5.85. The summed E-state index contributed by atoms with van der Waals surface area (Å²) in [6.45, 7) is 2.24. The number of nitrogens with one attached hydrogen (secondary N) is 2. The topological polar surface area (TPSA) is 104 Å². The van der Waals surface area contributed by atoms with Crippen molar-refractivity contribution in [3.05, 3.63) is 12.0 Å². The Morgan fingerprint density at radius 1 is 1.53 bits per heavy atom. The zero-order valence-corrected chi connectivity index (χ0v) is 8.11. The monoisotopic (exact) mass is 213 g/mol. The molecule has 1 aromatic rings. The predicted octanol–water partition coefficient (Wildman–Crippen LogP) is -0.0792. The number of carbonyl (C=O) groups excluding carboxylic acids is 1. The predicted molar refractivity (Wildman–Crippen MR) is 50.6 cm³/mol. The van der Waals surface area contributed by atoms with Crippen molar-refractivity contribution in [2.75, 3.05) is 18.4 Å². The number of anilines is 1. The lowest BCUT2D eigenvalue weighted by Gasteiger charge is -2.01. The zero-order chi connectivity index (χ0) is 11.3. The fraction of sp³-hybridized carbons (Fsp3) is 0.375. The summed E-state index contributed by atoms with van der Waals surface area (Å²) in [5, 5.41) is 13.8. The van der Waals surface area contributed by atoms with Gasteiger partial charge in [0, 0.05) is 20.0 Å². The number of hydrogen-bond donors (Lipinski definition) is 3. The molecule has 0 aliphatic heterocycles. The first-order valence-corrected chi connectivity index (χ1v) is 4.26. The van der Waals surface area contributed by atoms with E-state index in [9.17, 15) is 9.59 Å². The van der Waals surface area contributed by atoms with Crippen molar-refractivity contribution >= 4 is 17.9 Å². The molecule has 15 heavy (non-hydrogen) atoms. The van der Waals surface area contributed by atoms with Crippen molar-refractivity contribution in [3.63, 3.8) is 0 Å². The van der Waals surface area contributed by atoms with Crippen LogP contribution in [0.5, 0.6) is 0 Å². The molecule has 0 atom stereocenters. The highest BCUT2D eigenvalue weighted by Gasteiger charge is 2.09. The fourth-order valence-corrected chi connectivity index (χ4v) is 0.861. The maximum absolute atomic E-state index is 10.5. The van der Waals surface area contributed by atoms with Gasteiger partial charge in [0.2, 0.25) is 5.91 Å². The van der Waals surface area contributed by atoms with Gasteiger partial charge in [-0.15, -0.1) is 0 Å². The van der Waals surface area contributed by atoms with Gasteiger partial charge in [0.1, 0.15) is 6.26 Å². The fourth-order valence-electron chi connectivity index (χ4n) is 0.861. The number of nitrogens with zero attached hydrogens (tertiary/aromatic N) is 1. The van der Waals surface area contributed by atoms with Crippen LogP contribution < -0.4 is 10.6 Å². The van der Waals surface area contributed by atoms with Gasteiger partial charge in [-0.3, -0.25) is 4.79 Å². The molecule has 0 aromatic carbocycles. The molecule has 0 saturated heterocycles. The lowest BCUT2D eigenvalue weighted by atomic mass is 10.5. The van der Waals surface area contributed by atoms with Crippen molar-refractivity contribution < 1.29 is 19.1 Å². The molecule has 82 valence electrons. The number of carbonyl (C=O) groups is 2. The molecule has 7 nitrogen and oxygen atoms in total. The van der Waals surface area contributed by atoms with Gasteiger partial charge in [-0.05, 0) is 0 Å². The summed E-state index contributed by atoms with van der Waals surface area (Å²) in [5.41, 5.74) is -0.156. The molecular weight excluding hydrogens is 202 g/mol. The Bertz CT molecular complexity index is 361. The Labute approximate surface area is 85.5 Å². The Morgan fingerprint density at radius 3 is 2.80 bits per heavy atom. The van der Waals surface area contributed by atoms with Gasteiger partial charge in [0.05, 0.1) is 0 Å². The quantitative estimate of drug-likeness (QED) is 0.591. The van der Waals surface area contributed by atoms with Crippen molar-refractivity contribution in [2.24, 2.45) is 0 Å². The third kappa shape index (κ3) is 3.67. The lowest BCUT2D eigenvalue weighted by molar-refractivity contribution is -0.118. The molecule has 1 aromatic heterocycles. The van der Waals surface area contributed by atoms with E-state index < -0.39 is 5.97 Å². The number of aromatic carboxylic acids is 1. The van der Waals surface area contributed by atoms with E-state index in [0.717, 1.165) is 6.26 Å². The van der Waals surface area contributed by atoms with Gasteiger partial charge in [0.15, 0.2) is 5.69 Å². The Kier molecular flexibility index (Phi) is 3.67. The smallest absolute Gasteiger partial charge is 0.357 e.